The van der Waals surface area contributed by atoms with E-state index in [-0.39, 0.29) is 0 Å². The zero-order chi connectivity index (χ0) is 12.6. The standard InChI is InChI=1S/C9H3F5N3/c10-5-3-15-4-6(11)8(5)17-2-1-7(16-17)9(12,13)14/h2-4H. The van der Waals surface area contributed by atoms with Gasteiger partial charge in [-0.05, 0) is 0 Å². The SMILES string of the molecule is Fc1cncc(F)c1-n1c[c]c(C(F)(F)F)n1. The van der Waals surface area contributed by atoms with Crippen LogP contribution < -0.4 is 0 Å². The van der Waals surface area contributed by atoms with Crippen molar-refractivity contribution in [1.29, 1.82) is 0 Å². The molecule has 89 valence electrons. The van der Waals surface area contributed by atoms with E-state index in [1.807, 2.05) is 0 Å². The molecule has 0 aliphatic rings. The maximum absolute atomic E-state index is 13.2. The molecule has 0 spiro atoms. The molecule has 0 saturated heterocycles. The van der Waals surface area contributed by atoms with E-state index in [4.69, 9.17) is 0 Å². The van der Waals surface area contributed by atoms with Crippen molar-refractivity contribution < 1.29 is 22.0 Å². The summed E-state index contributed by atoms with van der Waals surface area (Å²) in [4.78, 5) is 3.20. The lowest BCUT2D eigenvalue weighted by Crippen LogP contribution is -2.09. The normalized spacial score (nSPS) is 11.8. The van der Waals surface area contributed by atoms with E-state index in [0.29, 0.717) is 23.3 Å². The van der Waals surface area contributed by atoms with Crippen LogP contribution in [-0.2, 0) is 6.18 Å². The monoisotopic (exact) mass is 248 g/mol. The average molecular weight is 248 g/mol. The summed E-state index contributed by atoms with van der Waals surface area (Å²) >= 11 is 0. The summed E-state index contributed by atoms with van der Waals surface area (Å²) in [6.07, 6.45) is -2.67. The first-order chi connectivity index (χ1) is 7.89. The molecule has 1 radical (unpaired) electrons. The van der Waals surface area contributed by atoms with Crippen molar-refractivity contribution in [2.75, 3.05) is 0 Å². The number of halogens is 5. The second-order valence-corrected chi connectivity index (χ2v) is 3.02. The van der Waals surface area contributed by atoms with Gasteiger partial charge in [0.15, 0.2) is 17.3 Å². The summed E-state index contributed by atoms with van der Waals surface area (Å²) in [6, 6.07) is 1.77. The lowest BCUT2D eigenvalue weighted by molar-refractivity contribution is -0.141. The molecular weight excluding hydrogens is 245 g/mol. The predicted octanol–water partition coefficient (Wildman–Crippen LogP) is 2.36. The highest BCUT2D eigenvalue weighted by Crippen LogP contribution is 2.28. The Balaban J connectivity index is 2.51. The molecule has 0 aromatic carbocycles. The minimum absolute atomic E-state index is 0.426. The Labute approximate surface area is 91.5 Å². The van der Waals surface area contributed by atoms with Crippen LogP contribution in [0.5, 0.6) is 0 Å². The number of nitrogens with zero attached hydrogens (tertiary/aromatic N) is 3. The highest BCUT2D eigenvalue weighted by molar-refractivity contribution is 5.32. The fourth-order valence-corrected chi connectivity index (χ4v) is 1.16. The molecule has 0 bridgehead atoms. The van der Waals surface area contributed by atoms with Gasteiger partial charge < -0.3 is 0 Å². The van der Waals surface area contributed by atoms with Gasteiger partial charge in [-0.3, -0.25) is 4.98 Å². The van der Waals surface area contributed by atoms with Gasteiger partial charge >= 0.3 is 6.18 Å². The van der Waals surface area contributed by atoms with Crippen molar-refractivity contribution in [2.45, 2.75) is 6.18 Å². The van der Waals surface area contributed by atoms with E-state index in [0.717, 1.165) is 0 Å². The summed E-state index contributed by atoms with van der Waals surface area (Å²) in [7, 11) is 0. The molecule has 0 N–H and O–H groups in total. The third kappa shape index (κ3) is 2.10. The lowest BCUT2D eigenvalue weighted by atomic mass is 10.4. The van der Waals surface area contributed by atoms with Crippen LogP contribution in [0.25, 0.3) is 5.69 Å². The van der Waals surface area contributed by atoms with Gasteiger partial charge in [-0.1, -0.05) is 0 Å². The summed E-state index contributed by atoms with van der Waals surface area (Å²) in [5.41, 5.74) is -2.08. The molecule has 2 rings (SSSR count). The summed E-state index contributed by atoms with van der Waals surface area (Å²) in [6.45, 7) is 0. The van der Waals surface area contributed by atoms with E-state index < -0.39 is 29.2 Å². The molecule has 17 heavy (non-hydrogen) atoms. The second-order valence-electron chi connectivity index (χ2n) is 3.02. The van der Waals surface area contributed by atoms with Crippen molar-refractivity contribution in [3.63, 3.8) is 0 Å². The van der Waals surface area contributed by atoms with Gasteiger partial charge in [0.25, 0.3) is 0 Å². The first kappa shape index (κ1) is 11.5. The number of aromatic nitrogens is 3. The molecule has 0 aliphatic carbocycles. The van der Waals surface area contributed by atoms with Crippen LogP contribution >= 0.6 is 0 Å². The maximum atomic E-state index is 13.2. The van der Waals surface area contributed by atoms with Gasteiger partial charge in [0.1, 0.15) is 5.69 Å². The fourth-order valence-electron chi connectivity index (χ4n) is 1.16. The van der Waals surface area contributed by atoms with Crippen LogP contribution in [0.15, 0.2) is 18.6 Å². The highest BCUT2D eigenvalue weighted by Gasteiger charge is 2.34. The van der Waals surface area contributed by atoms with Crippen LogP contribution in [0.1, 0.15) is 5.69 Å². The summed E-state index contributed by atoms with van der Waals surface area (Å²) in [5.74, 6) is -2.23. The maximum Gasteiger partial charge on any atom is 0.435 e. The number of pyridine rings is 1. The number of rotatable bonds is 1. The van der Waals surface area contributed by atoms with E-state index in [1.165, 1.54) is 0 Å². The third-order valence-corrected chi connectivity index (χ3v) is 1.86. The highest BCUT2D eigenvalue weighted by atomic mass is 19.4. The quantitative estimate of drug-likeness (QED) is 0.725. The van der Waals surface area contributed by atoms with Crippen molar-refractivity contribution in [3.05, 3.63) is 42.0 Å². The minimum Gasteiger partial charge on any atom is -0.258 e. The average Bonchev–Trinajstić information content (AvgIpc) is 2.65. The van der Waals surface area contributed by atoms with E-state index in [9.17, 15) is 22.0 Å². The Morgan fingerprint density at radius 1 is 1.12 bits per heavy atom. The number of alkyl halides is 3. The predicted molar refractivity (Wildman–Crippen MR) is 45.1 cm³/mol. The molecule has 2 heterocycles. The zero-order valence-corrected chi connectivity index (χ0v) is 7.96. The first-order valence-corrected chi connectivity index (χ1v) is 4.23. The largest absolute Gasteiger partial charge is 0.435 e. The van der Waals surface area contributed by atoms with Gasteiger partial charge in [-0.15, -0.1) is 0 Å². The van der Waals surface area contributed by atoms with Crippen LogP contribution in [0.2, 0.25) is 0 Å². The van der Waals surface area contributed by atoms with Crippen LogP contribution in [0.3, 0.4) is 0 Å². The fraction of sp³-hybridized carbons (Fsp3) is 0.111. The summed E-state index contributed by atoms with van der Waals surface area (Å²) < 4.78 is 63.4. The molecule has 0 unspecified atom stereocenters. The number of hydrogen-bond acceptors (Lipinski definition) is 2. The molecule has 0 aliphatic heterocycles. The lowest BCUT2D eigenvalue weighted by Gasteiger charge is -2.04. The Kier molecular flexibility index (Phi) is 2.56. The van der Waals surface area contributed by atoms with Gasteiger partial charge in [-0.2, -0.15) is 18.3 Å². The molecule has 2 aromatic heterocycles. The molecule has 0 saturated carbocycles. The van der Waals surface area contributed by atoms with Crippen molar-refractivity contribution in [3.8, 4) is 5.69 Å². The molecule has 0 atom stereocenters. The Morgan fingerprint density at radius 3 is 2.18 bits per heavy atom. The van der Waals surface area contributed by atoms with Gasteiger partial charge in [-0.25, -0.2) is 13.5 Å². The van der Waals surface area contributed by atoms with Crippen LogP contribution in [-0.4, -0.2) is 14.8 Å². The van der Waals surface area contributed by atoms with Crippen LogP contribution in [0, 0.1) is 17.7 Å². The molecular formula is C9H3F5N3. The topological polar surface area (TPSA) is 30.7 Å². The Morgan fingerprint density at radius 2 is 1.71 bits per heavy atom. The van der Waals surface area contributed by atoms with E-state index >= 15 is 0 Å². The van der Waals surface area contributed by atoms with E-state index in [2.05, 4.69) is 10.1 Å². The second kappa shape index (κ2) is 3.79. The van der Waals surface area contributed by atoms with Crippen molar-refractivity contribution >= 4 is 0 Å². The smallest absolute Gasteiger partial charge is 0.258 e. The van der Waals surface area contributed by atoms with Gasteiger partial charge in [0, 0.05) is 12.3 Å². The molecule has 0 amide bonds. The van der Waals surface area contributed by atoms with E-state index in [1.54, 1.807) is 6.07 Å². The molecule has 8 heteroatoms. The van der Waals surface area contributed by atoms with Gasteiger partial charge in [0.2, 0.25) is 0 Å². The first-order valence-electron chi connectivity index (χ1n) is 4.23. The van der Waals surface area contributed by atoms with Crippen molar-refractivity contribution in [1.82, 2.24) is 14.8 Å². The summed E-state index contributed by atoms with van der Waals surface area (Å²) in [5, 5.41) is 3.00. The van der Waals surface area contributed by atoms with Crippen molar-refractivity contribution in [2.24, 2.45) is 0 Å². The molecule has 0 fully saturated rings. The zero-order valence-electron chi connectivity index (χ0n) is 7.96. The van der Waals surface area contributed by atoms with Gasteiger partial charge in [0.05, 0.1) is 12.4 Å². The Bertz CT molecular complexity index is 526. The minimum atomic E-state index is -4.72. The number of hydrogen-bond donors (Lipinski definition) is 0. The Hall–Kier alpha value is -1.99. The molecule has 3 nitrogen and oxygen atoms in total. The third-order valence-electron chi connectivity index (χ3n) is 1.86. The molecule has 2 aromatic rings. The van der Waals surface area contributed by atoms with Crippen LogP contribution in [0.4, 0.5) is 22.0 Å².